The number of carbonyl (C=O) groups is 1. The largest absolute Gasteiger partial charge is 0.370 e. The highest BCUT2D eigenvalue weighted by Gasteiger charge is 2.32. The highest BCUT2D eigenvalue weighted by atomic mass is 35.5. The molecule has 8 heteroatoms. The van der Waals surface area contributed by atoms with Gasteiger partial charge in [-0.05, 0) is 36.1 Å². The maximum atomic E-state index is 11.6. The fourth-order valence-electron chi connectivity index (χ4n) is 4.24. The van der Waals surface area contributed by atoms with E-state index in [1.54, 1.807) is 6.07 Å². The van der Waals surface area contributed by atoms with E-state index in [2.05, 4.69) is 11.5 Å². The van der Waals surface area contributed by atoms with Gasteiger partial charge in [-0.15, -0.1) is 0 Å². The number of nitrogens with one attached hydrogen (secondary N) is 1. The fraction of sp³-hybridized carbons (Fsp3) is 0.333. The summed E-state index contributed by atoms with van der Waals surface area (Å²) in [5.41, 5.74) is 9.25. The molecule has 5 nitrogen and oxygen atoms in total. The average molecular weight is 453 g/mol. The zero-order valence-electron chi connectivity index (χ0n) is 16.0. The SMILES string of the molecule is CCC(CC(N)=O)c1ccc(Cl)c2nc3n(c12)CCC[NH+]3c1ccc(Cl)cc1Cl. The molecule has 1 amide bonds. The van der Waals surface area contributed by atoms with Crippen LogP contribution < -0.4 is 10.6 Å². The molecule has 0 aliphatic carbocycles. The molecule has 2 atom stereocenters. The highest BCUT2D eigenvalue weighted by Crippen LogP contribution is 2.36. The average Bonchev–Trinajstić information content (AvgIpc) is 3.08. The number of benzene rings is 2. The number of aryl methyl sites for hydroxylation is 1. The Bertz CT molecular complexity index is 1100. The molecule has 1 aliphatic heterocycles. The lowest BCUT2D eigenvalue weighted by molar-refractivity contribution is -0.771. The van der Waals surface area contributed by atoms with Gasteiger partial charge in [0.2, 0.25) is 5.91 Å². The minimum atomic E-state index is -0.307. The van der Waals surface area contributed by atoms with Crippen molar-refractivity contribution in [3.8, 4) is 0 Å². The maximum absolute atomic E-state index is 11.6. The number of nitrogens with two attached hydrogens (primary N) is 1. The second-order valence-corrected chi connectivity index (χ2v) is 8.65. The minimum absolute atomic E-state index is 0.0255. The maximum Gasteiger partial charge on any atom is 0.313 e. The van der Waals surface area contributed by atoms with Gasteiger partial charge in [0.25, 0.3) is 0 Å². The first-order chi connectivity index (χ1) is 13.9. The quantitative estimate of drug-likeness (QED) is 0.593. The van der Waals surface area contributed by atoms with E-state index in [1.165, 1.54) is 0 Å². The van der Waals surface area contributed by atoms with Gasteiger partial charge in [0.15, 0.2) is 5.69 Å². The van der Waals surface area contributed by atoms with Crippen molar-refractivity contribution >= 4 is 63.4 Å². The van der Waals surface area contributed by atoms with Gasteiger partial charge in [-0.3, -0.25) is 9.36 Å². The lowest BCUT2D eigenvalue weighted by Gasteiger charge is -2.25. The lowest BCUT2D eigenvalue weighted by atomic mass is 9.91. The van der Waals surface area contributed by atoms with Gasteiger partial charge in [0.05, 0.1) is 17.1 Å². The molecule has 2 heterocycles. The van der Waals surface area contributed by atoms with Crippen molar-refractivity contribution in [2.75, 3.05) is 6.54 Å². The van der Waals surface area contributed by atoms with Gasteiger partial charge in [-0.1, -0.05) is 47.8 Å². The van der Waals surface area contributed by atoms with Crippen LogP contribution in [0.4, 0.5) is 11.6 Å². The molecule has 3 aromatic rings. The molecule has 3 N–H and O–H groups in total. The first-order valence-corrected chi connectivity index (χ1v) is 10.8. The zero-order valence-corrected chi connectivity index (χ0v) is 18.3. The number of hydrogen-bond acceptors (Lipinski definition) is 2. The standard InChI is InChI=1S/C21H21Cl3N4O/c1-2-12(10-18(25)29)14-5-6-15(23)19-20(14)28-9-3-8-27(21(28)26-19)17-7-4-13(22)11-16(17)24/h4-7,11-12H,2-3,8-10H2,1H3,(H2,25,29)/p+1. The summed E-state index contributed by atoms with van der Waals surface area (Å²) in [6, 6.07) is 9.40. The van der Waals surface area contributed by atoms with Crippen LogP contribution >= 0.6 is 34.8 Å². The van der Waals surface area contributed by atoms with E-state index in [1.807, 2.05) is 24.3 Å². The summed E-state index contributed by atoms with van der Waals surface area (Å²) in [6.45, 7) is 3.77. The van der Waals surface area contributed by atoms with E-state index in [0.717, 1.165) is 59.1 Å². The summed E-state index contributed by atoms with van der Waals surface area (Å²) < 4.78 is 2.21. The molecule has 0 saturated heterocycles. The van der Waals surface area contributed by atoms with Gasteiger partial charge in [0, 0.05) is 30.5 Å². The lowest BCUT2D eigenvalue weighted by Crippen LogP contribution is -3.04. The van der Waals surface area contributed by atoms with Crippen LogP contribution in [0, 0.1) is 0 Å². The number of halogens is 3. The van der Waals surface area contributed by atoms with E-state index in [9.17, 15) is 4.79 Å². The molecule has 0 fully saturated rings. The smallest absolute Gasteiger partial charge is 0.313 e. The number of rotatable bonds is 5. The number of hydrogen-bond donors (Lipinski definition) is 2. The number of fused-ring (bicyclic) bond motifs is 3. The van der Waals surface area contributed by atoms with Gasteiger partial charge in [0.1, 0.15) is 10.5 Å². The summed E-state index contributed by atoms with van der Waals surface area (Å²) >= 11 is 19.1. The second-order valence-electron chi connectivity index (χ2n) is 7.40. The number of primary amides is 1. The van der Waals surface area contributed by atoms with Crippen LogP contribution in [-0.4, -0.2) is 22.0 Å². The van der Waals surface area contributed by atoms with Crippen LogP contribution in [0.25, 0.3) is 11.0 Å². The molecule has 2 aromatic carbocycles. The van der Waals surface area contributed by atoms with Crippen molar-refractivity contribution in [2.24, 2.45) is 5.73 Å². The Morgan fingerprint density at radius 1 is 1.24 bits per heavy atom. The molecular formula is C21H22Cl3N4O+. The molecule has 1 aromatic heterocycles. The molecule has 29 heavy (non-hydrogen) atoms. The van der Waals surface area contributed by atoms with E-state index in [0.29, 0.717) is 21.5 Å². The molecule has 0 saturated carbocycles. The molecule has 0 spiro atoms. The summed E-state index contributed by atoms with van der Waals surface area (Å²) in [6.07, 6.45) is 2.07. The van der Waals surface area contributed by atoms with Crippen molar-refractivity contribution in [2.45, 2.75) is 38.6 Å². The number of imidazole rings is 1. The first kappa shape index (κ1) is 20.5. The Balaban J connectivity index is 1.91. The minimum Gasteiger partial charge on any atom is -0.370 e. The Hall–Kier alpha value is -1.79. The van der Waals surface area contributed by atoms with Crippen LogP contribution in [-0.2, 0) is 11.3 Å². The number of quaternary nitrogens is 1. The third-order valence-corrected chi connectivity index (χ3v) is 6.44. The Labute approximate surface area is 184 Å². The van der Waals surface area contributed by atoms with E-state index in [4.69, 9.17) is 45.5 Å². The predicted octanol–water partition coefficient (Wildman–Crippen LogP) is 4.62. The number of carbonyl (C=O) groups excluding carboxylic acids is 1. The van der Waals surface area contributed by atoms with Crippen molar-refractivity contribution < 1.29 is 9.69 Å². The number of aromatic nitrogens is 2. The van der Waals surface area contributed by atoms with Crippen molar-refractivity contribution in [1.82, 2.24) is 9.55 Å². The monoisotopic (exact) mass is 451 g/mol. The molecule has 0 bridgehead atoms. The van der Waals surface area contributed by atoms with E-state index < -0.39 is 0 Å². The van der Waals surface area contributed by atoms with Gasteiger partial charge in [-0.2, -0.15) is 4.98 Å². The van der Waals surface area contributed by atoms with Crippen LogP contribution in [0.1, 0.15) is 37.7 Å². The highest BCUT2D eigenvalue weighted by molar-refractivity contribution is 6.36. The van der Waals surface area contributed by atoms with Gasteiger partial charge < -0.3 is 5.73 Å². The molecule has 0 radical (unpaired) electrons. The molecule has 152 valence electrons. The third kappa shape index (κ3) is 3.73. The van der Waals surface area contributed by atoms with Crippen LogP contribution in [0.5, 0.6) is 0 Å². The van der Waals surface area contributed by atoms with Crippen LogP contribution in [0.3, 0.4) is 0 Å². The number of amides is 1. The Morgan fingerprint density at radius 2 is 2.03 bits per heavy atom. The summed E-state index contributed by atoms with van der Waals surface area (Å²) in [5.74, 6) is 0.592. The molecule has 4 rings (SSSR count). The third-order valence-electron chi connectivity index (χ3n) is 5.59. The van der Waals surface area contributed by atoms with Crippen LogP contribution in [0.15, 0.2) is 30.3 Å². The summed E-state index contributed by atoms with van der Waals surface area (Å²) in [5, 5.41) is 1.81. The van der Waals surface area contributed by atoms with Crippen molar-refractivity contribution in [3.05, 3.63) is 51.0 Å². The topological polar surface area (TPSA) is 65.4 Å². The summed E-state index contributed by atoms with van der Waals surface area (Å²) in [4.78, 5) is 17.6. The Morgan fingerprint density at radius 3 is 2.72 bits per heavy atom. The zero-order chi connectivity index (χ0) is 20.7. The van der Waals surface area contributed by atoms with E-state index in [-0.39, 0.29) is 11.8 Å². The second kappa shape index (κ2) is 8.15. The van der Waals surface area contributed by atoms with Crippen LogP contribution in [0.2, 0.25) is 15.1 Å². The van der Waals surface area contributed by atoms with Gasteiger partial charge >= 0.3 is 5.95 Å². The fourth-order valence-corrected chi connectivity index (χ4v) is 4.96. The normalized spacial score (nSPS) is 17.3. The first-order valence-electron chi connectivity index (χ1n) is 9.69. The molecule has 2 unspecified atom stereocenters. The van der Waals surface area contributed by atoms with E-state index >= 15 is 0 Å². The Kier molecular flexibility index (Phi) is 5.76. The van der Waals surface area contributed by atoms with Crippen molar-refractivity contribution in [3.63, 3.8) is 0 Å². The predicted molar refractivity (Wildman–Crippen MR) is 118 cm³/mol. The molecule has 1 aliphatic rings. The summed E-state index contributed by atoms with van der Waals surface area (Å²) in [7, 11) is 0. The van der Waals surface area contributed by atoms with Gasteiger partial charge in [-0.25, -0.2) is 4.90 Å². The van der Waals surface area contributed by atoms with Crippen molar-refractivity contribution in [1.29, 1.82) is 0 Å². The molecular weight excluding hydrogens is 431 g/mol. The number of nitrogens with zero attached hydrogens (tertiary/aromatic N) is 2.